The molecule has 2 bridgehead atoms. The molecule has 2 nitrogen and oxygen atoms in total. The molecule has 2 heteroatoms. The minimum absolute atomic E-state index is 0.878. The SMILES string of the molecule is C1=C[C@H]2C[C@H]1C[C@@H]2C[NH2+]Cc1ccco1. The predicted molar refractivity (Wildman–Crippen MR) is 58.0 cm³/mol. The standard InChI is InChI=1S/C13H17NO/c1-2-13(15-5-1)9-14-8-12-7-10-3-4-11(12)6-10/h1-5,10-12,14H,6-9H2/p+1/t10-,11-,12+/m0/s1. The van der Waals surface area contributed by atoms with Crippen LogP contribution in [-0.4, -0.2) is 6.54 Å². The fraction of sp³-hybridized carbons (Fsp3) is 0.538. The molecule has 0 radical (unpaired) electrons. The van der Waals surface area contributed by atoms with Crippen LogP contribution in [0.15, 0.2) is 35.0 Å². The van der Waals surface area contributed by atoms with E-state index in [0.29, 0.717) is 0 Å². The number of nitrogens with two attached hydrogens (primary N) is 1. The Morgan fingerprint density at radius 3 is 3.00 bits per heavy atom. The van der Waals surface area contributed by atoms with E-state index in [0.717, 1.165) is 30.1 Å². The summed E-state index contributed by atoms with van der Waals surface area (Å²) in [6, 6.07) is 4.01. The largest absolute Gasteiger partial charge is 0.463 e. The topological polar surface area (TPSA) is 29.8 Å². The van der Waals surface area contributed by atoms with Crippen molar-refractivity contribution < 1.29 is 9.73 Å². The summed E-state index contributed by atoms with van der Waals surface area (Å²) < 4.78 is 5.31. The lowest BCUT2D eigenvalue weighted by atomic mass is 9.94. The van der Waals surface area contributed by atoms with E-state index < -0.39 is 0 Å². The van der Waals surface area contributed by atoms with Crippen LogP contribution >= 0.6 is 0 Å². The second kappa shape index (κ2) is 3.86. The van der Waals surface area contributed by atoms with E-state index in [9.17, 15) is 0 Å². The Morgan fingerprint density at radius 1 is 1.33 bits per heavy atom. The molecule has 1 aromatic heterocycles. The summed E-state index contributed by atoms with van der Waals surface area (Å²) in [7, 11) is 0. The summed E-state index contributed by atoms with van der Waals surface area (Å²) in [6.07, 6.45) is 9.42. The van der Waals surface area contributed by atoms with Gasteiger partial charge in [-0.25, -0.2) is 0 Å². The Morgan fingerprint density at radius 2 is 2.33 bits per heavy atom. The molecule has 2 aliphatic carbocycles. The fourth-order valence-corrected chi connectivity index (χ4v) is 3.03. The number of allylic oxidation sites excluding steroid dienone is 2. The van der Waals surface area contributed by atoms with Crippen molar-refractivity contribution >= 4 is 0 Å². The van der Waals surface area contributed by atoms with Gasteiger partial charge in [-0.2, -0.15) is 0 Å². The molecule has 1 aromatic rings. The summed E-state index contributed by atoms with van der Waals surface area (Å²) in [6.45, 7) is 2.25. The number of hydrogen-bond acceptors (Lipinski definition) is 1. The molecule has 0 aromatic carbocycles. The zero-order valence-corrected chi connectivity index (χ0v) is 8.93. The maximum atomic E-state index is 5.31. The van der Waals surface area contributed by atoms with Gasteiger partial charge in [-0.3, -0.25) is 0 Å². The molecule has 0 saturated heterocycles. The third-order valence-electron chi connectivity index (χ3n) is 3.81. The van der Waals surface area contributed by atoms with Gasteiger partial charge >= 0.3 is 0 Å². The van der Waals surface area contributed by atoms with Crippen LogP contribution in [0.3, 0.4) is 0 Å². The molecule has 2 N–H and O–H groups in total. The van der Waals surface area contributed by atoms with Gasteiger partial charge in [-0.05, 0) is 36.8 Å². The second-order valence-electron chi connectivity index (χ2n) is 4.85. The number of furan rings is 1. The van der Waals surface area contributed by atoms with E-state index in [1.165, 1.54) is 19.4 Å². The lowest BCUT2D eigenvalue weighted by molar-refractivity contribution is -0.678. The van der Waals surface area contributed by atoms with Crippen LogP contribution in [-0.2, 0) is 6.54 Å². The highest BCUT2D eigenvalue weighted by atomic mass is 16.3. The molecule has 3 atom stereocenters. The van der Waals surface area contributed by atoms with E-state index in [1.807, 2.05) is 6.07 Å². The van der Waals surface area contributed by atoms with Crippen LogP contribution < -0.4 is 5.32 Å². The third kappa shape index (κ3) is 1.86. The van der Waals surface area contributed by atoms with Gasteiger partial charge in [0.1, 0.15) is 6.54 Å². The molecule has 2 aliphatic rings. The summed E-state index contributed by atoms with van der Waals surface area (Å²) in [5.74, 6) is 3.78. The quantitative estimate of drug-likeness (QED) is 0.741. The first-order valence-corrected chi connectivity index (χ1v) is 5.94. The van der Waals surface area contributed by atoms with Gasteiger partial charge in [0.25, 0.3) is 0 Å². The molecule has 80 valence electrons. The second-order valence-corrected chi connectivity index (χ2v) is 4.85. The van der Waals surface area contributed by atoms with E-state index in [-0.39, 0.29) is 0 Å². The number of hydrogen-bond donors (Lipinski definition) is 1. The van der Waals surface area contributed by atoms with Gasteiger partial charge in [0, 0.05) is 5.92 Å². The third-order valence-corrected chi connectivity index (χ3v) is 3.81. The lowest BCUT2D eigenvalue weighted by Crippen LogP contribution is -2.84. The Bertz CT molecular complexity index is 341. The van der Waals surface area contributed by atoms with E-state index in [2.05, 4.69) is 23.5 Å². The first-order chi connectivity index (χ1) is 7.42. The van der Waals surface area contributed by atoms with Crippen LogP contribution in [0.4, 0.5) is 0 Å². The molecule has 0 amide bonds. The number of quaternary nitrogens is 1. The highest BCUT2D eigenvalue weighted by molar-refractivity contribution is 5.09. The highest BCUT2D eigenvalue weighted by Gasteiger charge is 2.36. The van der Waals surface area contributed by atoms with Crippen molar-refractivity contribution in [3.05, 3.63) is 36.3 Å². The van der Waals surface area contributed by atoms with Crippen molar-refractivity contribution in [3.63, 3.8) is 0 Å². The van der Waals surface area contributed by atoms with Crippen molar-refractivity contribution in [2.24, 2.45) is 17.8 Å². The molecule has 1 saturated carbocycles. The number of fused-ring (bicyclic) bond motifs is 2. The average molecular weight is 204 g/mol. The molecule has 15 heavy (non-hydrogen) atoms. The Balaban J connectivity index is 1.45. The summed E-state index contributed by atoms with van der Waals surface area (Å²) in [4.78, 5) is 0. The van der Waals surface area contributed by atoms with Crippen molar-refractivity contribution in [2.45, 2.75) is 19.4 Å². The molecule has 3 rings (SSSR count). The van der Waals surface area contributed by atoms with Gasteiger partial charge in [0.15, 0.2) is 5.76 Å². The Kier molecular flexibility index (Phi) is 2.37. The molecular weight excluding hydrogens is 186 g/mol. The van der Waals surface area contributed by atoms with Crippen molar-refractivity contribution in [3.8, 4) is 0 Å². The van der Waals surface area contributed by atoms with Crippen molar-refractivity contribution in [1.29, 1.82) is 0 Å². The summed E-state index contributed by atoms with van der Waals surface area (Å²) in [5, 5.41) is 2.39. The van der Waals surface area contributed by atoms with Crippen molar-refractivity contribution in [1.82, 2.24) is 0 Å². The average Bonchev–Trinajstić information content (AvgIpc) is 2.93. The van der Waals surface area contributed by atoms with Crippen LogP contribution in [0.5, 0.6) is 0 Å². The first kappa shape index (κ1) is 9.22. The van der Waals surface area contributed by atoms with Gasteiger partial charge < -0.3 is 9.73 Å². The molecule has 1 heterocycles. The van der Waals surface area contributed by atoms with Gasteiger partial charge in [-0.1, -0.05) is 12.2 Å². The van der Waals surface area contributed by atoms with Gasteiger partial charge in [0.05, 0.1) is 12.8 Å². The minimum atomic E-state index is 0.878. The fourth-order valence-electron chi connectivity index (χ4n) is 3.03. The van der Waals surface area contributed by atoms with E-state index >= 15 is 0 Å². The monoisotopic (exact) mass is 204 g/mol. The Hall–Kier alpha value is -1.02. The molecule has 0 aliphatic heterocycles. The van der Waals surface area contributed by atoms with Crippen LogP contribution in [0.25, 0.3) is 0 Å². The van der Waals surface area contributed by atoms with Gasteiger partial charge in [-0.15, -0.1) is 0 Å². The molecule has 1 fully saturated rings. The summed E-state index contributed by atoms with van der Waals surface area (Å²) >= 11 is 0. The molecule has 0 unspecified atom stereocenters. The maximum Gasteiger partial charge on any atom is 0.157 e. The zero-order valence-electron chi connectivity index (χ0n) is 8.93. The summed E-state index contributed by atoms with van der Waals surface area (Å²) in [5.41, 5.74) is 0. The minimum Gasteiger partial charge on any atom is -0.463 e. The van der Waals surface area contributed by atoms with Crippen LogP contribution in [0.1, 0.15) is 18.6 Å². The Labute approximate surface area is 90.4 Å². The smallest absolute Gasteiger partial charge is 0.157 e. The molecular formula is C13H18NO+. The first-order valence-electron chi connectivity index (χ1n) is 5.94. The number of rotatable bonds is 4. The maximum absolute atomic E-state index is 5.31. The normalized spacial score (nSPS) is 32.7. The van der Waals surface area contributed by atoms with Gasteiger partial charge in [0.2, 0.25) is 0 Å². The van der Waals surface area contributed by atoms with E-state index in [1.54, 1.807) is 6.26 Å². The molecule has 0 spiro atoms. The van der Waals surface area contributed by atoms with Crippen LogP contribution in [0.2, 0.25) is 0 Å². The predicted octanol–water partition coefficient (Wildman–Crippen LogP) is 1.56. The van der Waals surface area contributed by atoms with Crippen LogP contribution in [0, 0.1) is 17.8 Å². The van der Waals surface area contributed by atoms with Crippen molar-refractivity contribution in [2.75, 3.05) is 6.54 Å². The lowest BCUT2D eigenvalue weighted by Gasteiger charge is -2.15. The zero-order chi connectivity index (χ0) is 10.1. The van der Waals surface area contributed by atoms with E-state index in [4.69, 9.17) is 4.42 Å². The highest BCUT2D eigenvalue weighted by Crippen LogP contribution is 2.42.